The van der Waals surface area contributed by atoms with Crippen molar-refractivity contribution in [1.82, 2.24) is 15.5 Å². The Morgan fingerprint density at radius 3 is 1.83 bits per heavy atom. The van der Waals surface area contributed by atoms with Gasteiger partial charge in [0.1, 0.15) is 6.04 Å². The molecule has 0 radical (unpaired) electrons. The summed E-state index contributed by atoms with van der Waals surface area (Å²) in [6, 6.07) is 14.8. The van der Waals surface area contributed by atoms with Crippen molar-refractivity contribution < 1.29 is 19.2 Å². The minimum Gasteiger partial charge on any atom is -0.354 e. The fraction of sp³-hybridized carbons (Fsp3) is 0.304. The van der Waals surface area contributed by atoms with Gasteiger partial charge in [-0.25, -0.2) is 0 Å². The van der Waals surface area contributed by atoms with Crippen molar-refractivity contribution in [1.29, 1.82) is 0 Å². The molecule has 7 nitrogen and oxygen atoms in total. The van der Waals surface area contributed by atoms with Crippen LogP contribution in [0.5, 0.6) is 0 Å². The van der Waals surface area contributed by atoms with E-state index >= 15 is 0 Å². The number of carbonyl (C=O) groups excluding carboxylic acids is 4. The third-order valence-corrected chi connectivity index (χ3v) is 4.96. The van der Waals surface area contributed by atoms with E-state index < -0.39 is 23.8 Å². The number of nitrogens with one attached hydrogen (secondary N) is 2. The molecular weight excluding hydrogens is 382 g/mol. The van der Waals surface area contributed by atoms with Crippen LogP contribution in [0.25, 0.3) is 0 Å². The Labute approximate surface area is 175 Å². The third kappa shape index (κ3) is 4.56. The zero-order valence-electron chi connectivity index (χ0n) is 17.1. The highest BCUT2D eigenvalue weighted by molar-refractivity contribution is 6.22. The fourth-order valence-corrected chi connectivity index (χ4v) is 3.32. The van der Waals surface area contributed by atoms with Crippen molar-refractivity contribution in [2.75, 3.05) is 13.1 Å². The van der Waals surface area contributed by atoms with E-state index in [1.807, 2.05) is 30.3 Å². The molecule has 3 rings (SSSR count). The molecule has 4 amide bonds. The fourth-order valence-electron chi connectivity index (χ4n) is 3.32. The smallest absolute Gasteiger partial charge is 0.262 e. The quantitative estimate of drug-likeness (QED) is 0.515. The molecule has 156 valence electrons. The third-order valence-electron chi connectivity index (χ3n) is 4.96. The first-order valence-corrected chi connectivity index (χ1v) is 9.96. The summed E-state index contributed by atoms with van der Waals surface area (Å²) in [7, 11) is 0. The lowest BCUT2D eigenvalue weighted by Gasteiger charge is -2.25. The van der Waals surface area contributed by atoms with Crippen LogP contribution >= 0.6 is 0 Å². The van der Waals surface area contributed by atoms with E-state index in [-0.39, 0.29) is 31.3 Å². The lowest BCUT2D eigenvalue weighted by Crippen LogP contribution is -2.51. The Balaban J connectivity index is 1.76. The molecule has 30 heavy (non-hydrogen) atoms. The topological polar surface area (TPSA) is 95.6 Å². The first-order chi connectivity index (χ1) is 14.4. The Morgan fingerprint density at radius 2 is 1.30 bits per heavy atom. The number of carbonyl (C=O) groups is 4. The van der Waals surface area contributed by atoms with Gasteiger partial charge in [0.15, 0.2) is 0 Å². The number of benzene rings is 2. The first-order valence-electron chi connectivity index (χ1n) is 9.96. The van der Waals surface area contributed by atoms with Gasteiger partial charge >= 0.3 is 0 Å². The van der Waals surface area contributed by atoms with Crippen molar-refractivity contribution in [3.63, 3.8) is 0 Å². The summed E-state index contributed by atoms with van der Waals surface area (Å²) in [5.41, 5.74) is 1.44. The van der Waals surface area contributed by atoms with Crippen LogP contribution in [0, 0.1) is 5.92 Å². The van der Waals surface area contributed by atoms with Crippen LogP contribution in [0.2, 0.25) is 0 Å². The van der Waals surface area contributed by atoms with Gasteiger partial charge in [0, 0.05) is 25.4 Å². The number of hydrogen-bond donors (Lipinski definition) is 2. The summed E-state index contributed by atoms with van der Waals surface area (Å²) < 4.78 is 0. The molecule has 0 aromatic heterocycles. The van der Waals surface area contributed by atoms with Crippen LogP contribution in [0.1, 0.15) is 40.1 Å². The van der Waals surface area contributed by atoms with Crippen LogP contribution in [0.15, 0.2) is 54.6 Å². The number of imide groups is 1. The predicted octanol–water partition coefficient (Wildman–Crippen LogP) is 1.78. The van der Waals surface area contributed by atoms with E-state index in [4.69, 9.17) is 0 Å². The Kier molecular flexibility index (Phi) is 6.61. The highest BCUT2D eigenvalue weighted by Crippen LogP contribution is 2.26. The van der Waals surface area contributed by atoms with E-state index in [2.05, 4.69) is 10.6 Å². The second kappa shape index (κ2) is 9.35. The zero-order valence-corrected chi connectivity index (χ0v) is 17.1. The molecule has 0 bridgehead atoms. The molecule has 7 heteroatoms. The standard InChI is InChI=1S/C23H25N3O4/c1-15(2)20(27)24-12-13-25-21(28)19(14-16-8-4-3-5-9-16)26-22(29)17-10-6-7-11-18(17)23(26)30/h3-11,15,19H,12-14H2,1-2H3,(H,24,27)(H,25,28). The van der Waals surface area contributed by atoms with Crippen molar-refractivity contribution in [3.8, 4) is 0 Å². The minimum atomic E-state index is -0.986. The first kappa shape index (κ1) is 21.2. The number of amides is 4. The van der Waals surface area contributed by atoms with Crippen LogP contribution in [0.3, 0.4) is 0 Å². The van der Waals surface area contributed by atoms with E-state index in [1.165, 1.54) is 0 Å². The molecule has 0 fully saturated rings. The van der Waals surface area contributed by atoms with Crippen LogP contribution in [-0.4, -0.2) is 47.7 Å². The van der Waals surface area contributed by atoms with Gasteiger partial charge in [-0.15, -0.1) is 0 Å². The molecule has 1 atom stereocenters. The van der Waals surface area contributed by atoms with Gasteiger partial charge in [-0.05, 0) is 17.7 Å². The molecule has 2 aromatic rings. The number of nitrogens with zero attached hydrogens (tertiary/aromatic N) is 1. The highest BCUT2D eigenvalue weighted by Gasteiger charge is 2.42. The van der Waals surface area contributed by atoms with E-state index in [0.717, 1.165) is 10.5 Å². The molecule has 1 heterocycles. The van der Waals surface area contributed by atoms with E-state index in [9.17, 15) is 19.2 Å². The van der Waals surface area contributed by atoms with Gasteiger partial charge in [0.05, 0.1) is 11.1 Å². The van der Waals surface area contributed by atoms with Crippen molar-refractivity contribution in [2.24, 2.45) is 5.92 Å². The zero-order chi connectivity index (χ0) is 21.7. The average molecular weight is 407 g/mol. The molecular formula is C23H25N3O4. The van der Waals surface area contributed by atoms with Crippen molar-refractivity contribution >= 4 is 23.6 Å². The Bertz CT molecular complexity index is 921. The van der Waals surface area contributed by atoms with Crippen LogP contribution in [-0.2, 0) is 16.0 Å². The van der Waals surface area contributed by atoms with Gasteiger partial charge in [-0.3, -0.25) is 24.1 Å². The molecule has 1 unspecified atom stereocenters. The SMILES string of the molecule is CC(C)C(=O)NCCNC(=O)C(Cc1ccccc1)N1C(=O)c2ccccc2C1=O. The summed E-state index contributed by atoms with van der Waals surface area (Å²) in [5.74, 6) is -1.64. The molecule has 0 aliphatic carbocycles. The number of hydrogen-bond acceptors (Lipinski definition) is 4. The van der Waals surface area contributed by atoms with Crippen LogP contribution in [0.4, 0.5) is 0 Å². The van der Waals surface area contributed by atoms with Crippen LogP contribution < -0.4 is 10.6 Å². The largest absolute Gasteiger partial charge is 0.354 e. The molecule has 0 spiro atoms. The maximum absolute atomic E-state index is 13.0. The van der Waals surface area contributed by atoms with Gasteiger partial charge in [-0.2, -0.15) is 0 Å². The normalized spacial score (nSPS) is 13.9. The summed E-state index contributed by atoms with van der Waals surface area (Å²) in [6.45, 7) is 4.03. The molecule has 2 aromatic carbocycles. The van der Waals surface area contributed by atoms with E-state index in [0.29, 0.717) is 11.1 Å². The number of rotatable bonds is 8. The van der Waals surface area contributed by atoms with Gasteiger partial charge in [0.25, 0.3) is 11.8 Å². The molecule has 2 N–H and O–H groups in total. The summed E-state index contributed by atoms with van der Waals surface area (Å²) >= 11 is 0. The van der Waals surface area contributed by atoms with Gasteiger partial charge < -0.3 is 10.6 Å². The minimum absolute atomic E-state index is 0.106. The summed E-state index contributed by atoms with van der Waals surface area (Å²) in [6.07, 6.45) is 0.205. The lowest BCUT2D eigenvalue weighted by atomic mass is 10.0. The average Bonchev–Trinajstić information content (AvgIpc) is 3.00. The molecule has 1 aliphatic rings. The lowest BCUT2D eigenvalue weighted by molar-refractivity contribution is -0.126. The Morgan fingerprint density at radius 1 is 0.800 bits per heavy atom. The maximum atomic E-state index is 13.0. The molecule has 0 saturated carbocycles. The summed E-state index contributed by atoms with van der Waals surface area (Å²) in [5, 5.41) is 5.47. The maximum Gasteiger partial charge on any atom is 0.262 e. The van der Waals surface area contributed by atoms with Gasteiger partial charge in [-0.1, -0.05) is 56.3 Å². The monoisotopic (exact) mass is 407 g/mol. The molecule has 1 aliphatic heterocycles. The predicted molar refractivity (Wildman–Crippen MR) is 112 cm³/mol. The second-order valence-electron chi connectivity index (χ2n) is 7.47. The number of fused-ring (bicyclic) bond motifs is 1. The second-order valence-corrected chi connectivity index (χ2v) is 7.47. The Hall–Kier alpha value is -3.48. The van der Waals surface area contributed by atoms with Crippen molar-refractivity contribution in [3.05, 3.63) is 71.3 Å². The van der Waals surface area contributed by atoms with E-state index in [1.54, 1.807) is 38.1 Å². The van der Waals surface area contributed by atoms with Crippen molar-refractivity contribution in [2.45, 2.75) is 26.3 Å². The summed E-state index contributed by atoms with van der Waals surface area (Å²) in [4.78, 5) is 51.5. The van der Waals surface area contributed by atoms with Gasteiger partial charge in [0.2, 0.25) is 11.8 Å². The highest BCUT2D eigenvalue weighted by atomic mass is 16.2. The molecule has 0 saturated heterocycles.